The Labute approximate surface area is 178 Å². The van der Waals surface area contributed by atoms with Crippen LogP contribution in [-0.4, -0.2) is 19.7 Å². The maximum absolute atomic E-state index is 13.6. The molecule has 0 spiro atoms. The third-order valence-corrected chi connectivity index (χ3v) is 5.17. The van der Waals surface area contributed by atoms with E-state index in [1.54, 1.807) is 12.4 Å². The van der Waals surface area contributed by atoms with Crippen LogP contribution in [0.4, 0.5) is 8.78 Å². The van der Waals surface area contributed by atoms with Gasteiger partial charge in [-0.15, -0.1) is 0 Å². The van der Waals surface area contributed by atoms with Crippen LogP contribution in [-0.2, 0) is 6.42 Å². The van der Waals surface area contributed by atoms with E-state index in [-0.39, 0.29) is 11.3 Å². The summed E-state index contributed by atoms with van der Waals surface area (Å²) in [5.41, 5.74) is 3.15. The third kappa shape index (κ3) is 4.26. The number of halogens is 2. The SMILES string of the molecule is CCc1cnc(-c2cccc(C(C)c3nn(-c4ccc(F)c(F)c4)ccc3=O)c2)nc1. The summed E-state index contributed by atoms with van der Waals surface area (Å²) in [7, 11) is 0. The van der Waals surface area contributed by atoms with Crippen molar-refractivity contribution in [2.45, 2.75) is 26.2 Å². The Hall–Kier alpha value is -3.74. The van der Waals surface area contributed by atoms with E-state index in [9.17, 15) is 13.6 Å². The number of aryl methyl sites for hydroxylation is 1. The van der Waals surface area contributed by atoms with E-state index in [0.29, 0.717) is 17.2 Å². The summed E-state index contributed by atoms with van der Waals surface area (Å²) in [6, 6.07) is 12.5. The highest BCUT2D eigenvalue weighted by molar-refractivity contribution is 5.56. The van der Waals surface area contributed by atoms with Crippen LogP contribution in [0.3, 0.4) is 0 Å². The molecule has 4 aromatic rings. The molecule has 0 radical (unpaired) electrons. The van der Waals surface area contributed by atoms with Crippen molar-refractivity contribution in [3.8, 4) is 17.1 Å². The second-order valence-corrected chi connectivity index (χ2v) is 7.22. The van der Waals surface area contributed by atoms with Gasteiger partial charge in [0.1, 0.15) is 5.69 Å². The average molecular weight is 418 g/mol. The Morgan fingerprint density at radius 1 is 1.00 bits per heavy atom. The first-order chi connectivity index (χ1) is 15.0. The summed E-state index contributed by atoms with van der Waals surface area (Å²) in [6.07, 6.45) is 5.90. The van der Waals surface area contributed by atoms with Gasteiger partial charge in [-0.2, -0.15) is 5.10 Å². The molecule has 1 atom stereocenters. The topological polar surface area (TPSA) is 60.7 Å². The summed E-state index contributed by atoms with van der Waals surface area (Å²) >= 11 is 0. The molecule has 0 saturated carbocycles. The Balaban J connectivity index is 1.70. The third-order valence-electron chi connectivity index (χ3n) is 5.17. The van der Waals surface area contributed by atoms with Gasteiger partial charge in [0, 0.05) is 42.2 Å². The van der Waals surface area contributed by atoms with E-state index in [1.165, 1.54) is 23.0 Å². The van der Waals surface area contributed by atoms with Gasteiger partial charge in [0.2, 0.25) is 5.43 Å². The van der Waals surface area contributed by atoms with E-state index >= 15 is 0 Å². The Bertz CT molecular complexity index is 1290. The molecule has 2 heterocycles. The molecule has 2 aromatic carbocycles. The normalized spacial score (nSPS) is 12.0. The Morgan fingerprint density at radius 3 is 2.48 bits per heavy atom. The fourth-order valence-corrected chi connectivity index (χ4v) is 3.29. The molecule has 0 saturated heterocycles. The molecule has 0 aliphatic heterocycles. The quantitative estimate of drug-likeness (QED) is 0.472. The first-order valence-electron chi connectivity index (χ1n) is 9.93. The van der Waals surface area contributed by atoms with Gasteiger partial charge in [-0.25, -0.2) is 23.4 Å². The summed E-state index contributed by atoms with van der Waals surface area (Å²) in [5.74, 6) is -1.65. The summed E-state index contributed by atoms with van der Waals surface area (Å²) in [5, 5.41) is 4.40. The fourth-order valence-electron chi connectivity index (χ4n) is 3.29. The van der Waals surface area contributed by atoms with Crippen molar-refractivity contribution >= 4 is 0 Å². The zero-order chi connectivity index (χ0) is 22.0. The molecule has 0 fully saturated rings. The van der Waals surface area contributed by atoms with Gasteiger partial charge < -0.3 is 0 Å². The molecule has 5 nitrogen and oxygen atoms in total. The van der Waals surface area contributed by atoms with Crippen molar-refractivity contribution in [1.29, 1.82) is 0 Å². The Kier molecular flexibility index (Phi) is 5.66. The van der Waals surface area contributed by atoms with Gasteiger partial charge in [0.05, 0.1) is 5.69 Å². The van der Waals surface area contributed by atoms with Crippen molar-refractivity contribution in [3.63, 3.8) is 0 Å². The highest BCUT2D eigenvalue weighted by atomic mass is 19.2. The number of hydrogen-bond donors (Lipinski definition) is 0. The second kappa shape index (κ2) is 8.55. The summed E-state index contributed by atoms with van der Waals surface area (Å²) < 4.78 is 28.3. The van der Waals surface area contributed by atoms with Gasteiger partial charge in [0.25, 0.3) is 0 Å². The van der Waals surface area contributed by atoms with Gasteiger partial charge in [-0.3, -0.25) is 4.79 Å². The van der Waals surface area contributed by atoms with Crippen LogP contribution in [0.2, 0.25) is 0 Å². The standard InChI is InChI=1S/C24H20F2N4O/c1-3-16-13-27-24(28-14-16)18-6-4-5-17(11-18)15(2)23-22(31)9-10-30(29-23)19-7-8-20(25)21(26)12-19/h4-15H,3H2,1-2H3. The minimum atomic E-state index is -0.977. The zero-order valence-electron chi connectivity index (χ0n) is 17.1. The van der Waals surface area contributed by atoms with Crippen LogP contribution >= 0.6 is 0 Å². The van der Waals surface area contributed by atoms with Crippen LogP contribution in [0.25, 0.3) is 17.1 Å². The summed E-state index contributed by atoms with van der Waals surface area (Å²) in [4.78, 5) is 21.4. The number of nitrogens with zero attached hydrogens (tertiary/aromatic N) is 4. The summed E-state index contributed by atoms with van der Waals surface area (Å²) in [6.45, 7) is 3.92. The van der Waals surface area contributed by atoms with Gasteiger partial charge in [-0.1, -0.05) is 32.0 Å². The van der Waals surface area contributed by atoms with Crippen LogP contribution in [0.15, 0.2) is 71.9 Å². The lowest BCUT2D eigenvalue weighted by molar-refractivity contribution is 0.507. The van der Waals surface area contributed by atoms with E-state index in [0.717, 1.165) is 35.2 Å². The molecular formula is C24H20F2N4O. The van der Waals surface area contributed by atoms with E-state index < -0.39 is 11.6 Å². The van der Waals surface area contributed by atoms with Gasteiger partial charge in [0.15, 0.2) is 17.5 Å². The molecule has 156 valence electrons. The van der Waals surface area contributed by atoms with E-state index in [2.05, 4.69) is 15.1 Å². The fraction of sp³-hybridized carbons (Fsp3) is 0.167. The zero-order valence-corrected chi connectivity index (χ0v) is 17.1. The molecule has 0 aliphatic carbocycles. The lowest BCUT2D eigenvalue weighted by Crippen LogP contribution is -2.19. The molecule has 31 heavy (non-hydrogen) atoms. The smallest absolute Gasteiger partial charge is 0.203 e. The number of benzene rings is 2. The second-order valence-electron chi connectivity index (χ2n) is 7.22. The van der Waals surface area contributed by atoms with Crippen LogP contribution in [0.1, 0.15) is 36.6 Å². The van der Waals surface area contributed by atoms with Crippen molar-refractivity contribution in [2.75, 3.05) is 0 Å². The Morgan fingerprint density at radius 2 is 1.77 bits per heavy atom. The number of aromatic nitrogens is 4. The highest BCUT2D eigenvalue weighted by Gasteiger charge is 2.16. The minimum absolute atomic E-state index is 0.236. The van der Waals surface area contributed by atoms with Crippen LogP contribution in [0.5, 0.6) is 0 Å². The van der Waals surface area contributed by atoms with Crippen LogP contribution in [0, 0.1) is 11.6 Å². The average Bonchev–Trinajstić information content (AvgIpc) is 2.81. The lowest BCUT2D eigenvalue weighted by atomic mass is 9.95. The number of hydrogen-bond acceptors (Lipinski definition) is 4. The molecule has 0 aliphatic rings. The first kappa shape index (κ1) is 20.5. The molecule has 0 N–H and O–H groups in total. The molecule has 4 rings (SSSR count). The highest BCUT2D eigenvalue weighted by Crippen LogP contribution is 2.25. The van der Waals surface area contributed by atoms with Crippen molar-refractivity contribution in [2.24, 2.45) is 0 Å². The van der Waals surface area contributed by atoms with Crippen molar-refractivity contribution in [3.05, 3.63) is 106 Å². The van der Waals surface area contributed by atoms with Crippen molar-refractivity contribution < 1.29 is 8.78 Å². The lowest BCUT2D eigenvalue weighted by Gasteiger charge is -2.14. The molecule has 1 unspecified atom stereocenters. The van der Waals surface area contributed by atoms with Crippen molar-refractivity contribution in [1.82, 2.24) is 19.7 Å². The molecular weight excluding hydrogens is 398 g/mol. The predicted octanol–water partition coefficient (Wildman–Crippen LogP) is 4.68. The first-order valence-corrected chi connectivity index (χ1v) is 9.93. The largest absolute Gasteiger partial charge is 0.288 e. The number of rotatable bonds is 5. The van der Waals surface area contributed by atoms with Gasteiger partial charge in [-0.05, 0) is 35.7 Å². The van der Waals surface area contributed by atoms with Crippen LogP contribution < -0.4 is 5.43 Å². The van der Waals surface area contributed by atoms with Gasteiger partial charge >= 0.3 is 0 Å². The molecule has 0 amide bonds. The minimum Gasteiger partial charge on any atom is -0.288 e. The molecule has 0 bridgehead atoms. The van der Waals surface area contributed by atoms with E-state index in [4.69, 9.17) is 0 Å². The molecule has 2 aromatic heterocycles. The van der Waals surface area contributed by atoms with E-state index in [1.807, 2.05) is 38.1 Å². The predicted molar refractivity (Wildman–Crippen MR) is 114 cm³/mol. The monoisotopic (exact) mass is 418 g/mol. The maximum Gasteiger partial charge on any atom is 0.203 e. The maximum atomic E-state index is 13.6. The molecule has 7 heteroatoms.